The summed E-state index contributed by atoms with van der Waals surface area (Å²) in [5.74, 6) is 0.168. The predicted octanol–water partition coefficient (Wildman–Crippen LogP) is 4.01. The highest BCUT2D eigenvalue weighted by Gasteiger charge is 2.34. The van der Waals surface area contributed by atoms with Crippen molar-refractivity contribution in [3.05, 3.63) is 59.0 Å². The molecule has 174 valence electrons. The summed E-state index contributed by atoms with van der Waals surface area (Å²) in [6.07, 6.45) is 1.26. The molecule has 1 aromatic heterocycles. The number of benzene rings is 2. The molecule has 0 spiro atoms. The predicted molar refractivity (Wildman–Crippen MR) is 125 cm³/mol. The van der Waals surface area contributed by atoms with Crippen LogP contribution in [0.2, 0.25) is 0 Å². The smallest absolute Gasteiger partial charge is 0.243 e. The van der Waals surface area contributed by atoms with Gasteiger partial charge in [-0.15, -0.1) is 0 Å². The first-order valence-corrected chi connectivity index (χ1v) is 12.4. The Hall–Kier alpha value is -3.04. The van der Waals surface area contributed by atoms with Crippen LogP contribution in [-0.2, 0) is 14.8 Å². The van der Waals surface area contributed by atoms with Gasteiger partial charge in [0.2, 0.25) is 27.6 Å². The molecule has 0 unspecified atom stereocenters. The first-order chi connectivity index (χ1) is 15.6. The highest BCUT2D eigenvalue weighted by atomic mass is 32.2. The minimum Gasteiger partial charge on any atom is -0.339 e. The maximum absolute atomic E-state index is 13.5. The van der Waals surface area contributed by atoms with E-state index in [-0.39, 0.29) is 17.3 Å². The molecule has 1 saturated heterocycles. The highest BCUT2D eigenvalue weighted by molar-refractivity contribution is 7.89. The van der Waals surface area contributed by atoms with E-state index >= 15 is 0 Å². The van der Waals surface area contributed by atoms with Crippen LogP contribution in [0.25, 0.3) is 11.4 Å². The molecule has 1 fully saturated rings. The van der Waals surface area contributed by atoms with Gasteiger partial charge < -0.3 is 9.84 Å². The van der Waals surface area contributed by atoms with Crippen molar-refractivity contribution in [1.82, 2.24) is 14.4 Å². The van der Waals surface area contributed by atoms with Crippen molar-refractivity contribution in [3.63, 3.8) is 0 Å². The Bertz CT molecular complexity index is 1300. The van der Waals surface area contributed by atoms with E-state index in [1.54, 1.807) is 32.0 Å². The molecular formula is C24H28N4O4S. The lowest BCUT2D eigenvalue weighted by molar-refractivity contribution is -0.120. The second-order valence-corrected chi connectivity index (χ2v) is 10.5. The molecule has 9 heteroatoms. The van der Waals surface area contributed by atoms with E-state index in [9.17, 15) is 13.2 Å². The monoisotopic (exact) mass is 468 g/mol. The van der Waals surface area contributed by atoms with E-state index in [0.29, 0.717) is 42.2 Å². The van der Waals surface area contributed by atoms with Gasteiger partial charge in [-0.3, -0.25) is 4.79 Å². The van der Waals surface area contributed by atoms with Gasteiger partial charge >= 0.3 is 0 Å². The zero-order chi connectivity index (χ0) is 23.8. The number of nitrogens with one attached hydrogen (secondary N) is 1. The summed E-state index contributed by atoms with van der Waals surface area (Å²) in [4.78, 5) is 17.3. The zero-order valence-electron chi connectivity index (χ0n) is 19.3. The Morgan fingerprint density at radius 3 is 2.52 bits per heavy atom. The molecule has 4 rings (SSSR count). The van der Waals surface area contributed by atoms with Crippen molar-refractivity contribution >= 4 is 21.6 Å². The summed E-state index contributed by atoms with van der Waals surface area (Å²) >= 11 is 0. The standard InChI is InChI=1S/C24H28N4O4S/c1-15-8-10-21(12-17(15)3)26-24(29)20-6-5-11-28(14-20)33(30,31)22-13-19(9-7-16(22)2)23-25-18(4)32-27-23/h7-10,12-13,20H,5-6,11,14H2,1-4H3,(H,26,29)/t20-/m0/s1. The average Bonchev–Trinajstić information content (AvgIpc) is 3.23. The van der Waals surface area contributed by atoms with E-state index in [1.807, 2.05) is 32.0 Å². The van der Waals surface area contributed by atoms with E-state index in [4.69, 9.17) is 4.52 Å². The molecule has 0 saturated carbocycles. The van der Waals surface area contributed by atoms with Crippen molar-refractivity contribution < 1.29 is 17.7 Å². The molecule has 1 atom stereocenters. The Morgan fingerprint density at radius 1 is 1.06 bits per heavy atom. The summed E-state index contributed by atoms with van der Waals surface area (Å²) in [5, 5.41) is 6.84. The van der Waals surface area contributed by atoms with Crippen LogP contribution in [0.3, 0.4) is 0 Å². The molecule has 1 aliphatic rings. The molecule has 0 bridgehead atoms. The number of hydrogen-bond acceptors (Lipinski definition) is 6. The summed E-state index contributed by atoms with van der Waals surface area (Å²) in [6.45, 7) is 7.96. The van der Waals surface area contributed by atoms with Crippen LogP contribution in [-0.4, -0.2) is 41.9 Å². The second-order valence-electron chi connectivity index (χ2n) is 8.61. The van der Waals surface area contributed by atoms with Crippen LogP contribution in [0.4, 0.5) is 5.69 Å². The number of piperidine rings is 1. The molecule has 8 nitrogen and oxygen atoms in total. The van der Waals surface area contributed by atoms with Crippen molar-refractivity contribution in [2.45, 2.75) is 45.4 Å². The number of amides is 1. The number of carbonyl (C=O) groups is 1. The third-order valence-corrected chi connectivity index (χ3v) is 8.13. The van der Waals surface area contributed by atoms with Gasteiger partial charge in [0.25, 0.3) is 0 Å². The number of anilines is 1. The first kappa shape index (κ1) is 23.1. The van der Waals surface area contributed by atoms with Gasteiger partial charge in [-0.1, -0.05) is 23.4 Å². The molecule has 3 aromatic rings. The van der Waals surface area contributed by atoms with Crippen LogP contribution in [0.1, 0.15) is 35.4 Å². The number of rotatable bonds is 5. The zero-order valence-corrected chi connectivity index (χ0v) is 20.1. The van der Waals surface area contributed by atoms with Gasteiger partial charge in [0.1, 0.15) is 0 Å². The lowest BCUT2D eigenvalue weighted by atomic mass is 9.98. The van der Waals surface area contributed by atoms with E-state index in [2.05, 4.69) is 15.5 Å². The maximum atomic E-state index is 13.5. The fourth-order valence-corrected chi connectivity index (χ4v) is 5.79. The Morgan fingerprint density at radius 2 is 1.82 bits per heavy atom. The second kappa shape index (κ2) is 9.07. The number of aryl methyl sites for hydroxylation is 4. The molecule has 2 aromatic carbocycles. The SMILES string of the molecule is Cc1nc(-c2ccc(C)c(S(=O)(=O)N3CCC[C@H](C(=O)Nc4ccc(C)c(C)c4)C3)c2)no1. The average molecular weight is 469 g/mol. The molecule has 2 heterocycles. The Kier molecular flexibility index (Phi) is 6.36. The van der Waals surface area contributed by atoms with Crippen molar-refractivity contribution in [1.29, 1.82) is 0 Å². The van der Waals surface area contributed by atoms with Gasteiger partial charge in [0.15, 0.2) is 0 Å². The number of nitrogens with zero attached hydrogens (tertiary/aromatic N) is 3. The van der Waals surface area contributed by atoms with Gasteiger partial charge in [-0.25, -0.2) is 8.42 Å². The van der Waals surface area contributed by atoms with E-state index in [1.165, 1.54) is 4.31 Å². The largest absolute Gasteiger partial charge is 0.339 e. The minimum atomic E-state index is -3.80. The van der Waals surface area contributed by atoms with Crippen LogP contribution < -0.4 is 5.32 Å². The van der Waals surface area contributed by atoms with Crippen LogP contribution >= 0.6 is 0 Å². The van der Waals surface area contributed by atoms with E-state index < -0.39 is 15.9 Å². The van der Waals surface area contributed by atoms with Gasteiger partial charge in [0, 0.05) is 31.3 Å². The summed E-state index contributed by atoms with van der Waals surface area (Å²) in [6, 6.07) is 10.8. The third kappa shape index (κ3) is 4.84. The molecule has 0 radical (unpaired) electrons. The molecule has 1 aliphatic heterocycles. The fraction of sp³-hybridized carbons (Fsp3) is 0.375. The van der Waals surface area contributed by atoms with Gasteiger partial charge in [-0.2, -0.15) is 9.29 Å². The Labute approximate surface area is 194 Å². The topological polar surface area (TPSA) is 105 Å². The first-order valence-electron chi connectivity index (χ1n) is 10.9. The number of hydrogen-bond donors (Lipinski definition) is 1. The minimum absolute atomic E-state index is 0.143. The summed E-state index contributed by atoms with van der Waals surface area (Å²) in [5.41, 5.74) is 4.16. The molecular weight excluding hydrogens is 440 g/mol. The number of sulfonamides is 1. The van der Waals surface area contributed by atoms with Gasteiger partial charge in [0.05, 0.1) is 10.8 Å². The van der Waals surface area contributed by atoms with Gasteiger partial charge in [-0.05, 0) is 68.5 Å². The van der Waals surface area contributed by atoms with Crippen molar-refractivity contribution in [2.75, 3.05) is 18.4 Å². The Balaban J connectivity index is 1.54. The fourth-order valence-electron chi connectivity index (χ4n) is 4.01. The number of aromatic nitrogens is 2. The summed E-state index contributed by atoms with van der Waals surface area (Å²) < 4.78 is 33.5. The maximum Gasteiger partial charge on any atom is 0.243 e. The van der Waals surface area contributed by atoms with Crippen molar-refractivity contribution in [3.8, 4) is 11.4 Å². The normalized spacial score (nSPS) is 17.2. The third-order valence-electron chi connectivity index (χ3n) is 6.12. The van der Waals surface area contributed by atoms with Crippen LogP contribution in [0.5, 0.6) is 0 Å². The lowest BCUT2D eigenvalue weighted by Crippen LogP contribution is -2.43. The molecule has 1 amide bonds. The molecule has 33 heavy (non-hydrogen) atoms. The van der Waals surface area contributed by atoms with E-state index in [0.717, 1.165) is 16.8 Å². The highest BCUT2D eigenvalue weighted by Crippen LogP contribution is 2.29. The summed E-state index contributed by atoms with van der Waals surface area (Å²) in [7, 11) is -3.80. The molecule has 1 N–H and O–H groups in total. The van der Waals surface area contributed by atoms with Crippen LogP contribution in [0.15, 0.2) is 45.8 Å². The quantitative estimate of drug-likeness (QED) is 0.607. The molecule has 0 aliphatic carbocycles. The van der Waals surface area contributed by atoms with Crippen molar-refractivity contribution in [2.24, 2.45) is 5.92 Å². The number of carbonyl (C=O) groups excluding carboxylic acids is 1. The van der Waals surface area contributed by atoms with Crippen LogP contribution in [0, 0.1) is 33.6 Å². The lowest BCUT2D eigenvalue weighted by Gasteiger charge is -2.31.